The molecule has 0 fully saturated rings. The molecule has 0 radical (unpaired) electrons. The maximum Gasteiger partial charge on any atom is 4.00 e. The van der Waals surface area contributed by atoms with Gasteiger partial charge in [-0.3, -0.25) is 0 Å². The van der Waals surface area contributed by atoms with Crippen molar-refractivity contribution in [2.24, 2.45) is 0 Å². The van der Waals surface area contributed by atoms with Gasteiger partial charge >= 0.3 is 26.2 Å². The zero-order valence-electron chi connectivity index (χ0n) is 14.9. The van der Waals surface area contributed by atoms with Crippen LogP contribution >= 0.6 is 0 Å². The standard InChI is InChI=1S/C17H12N.C6H7.2ClH.Zr/c1-3-7-15-13(5-1)9-10-17(15)18-12-11-14-6-2-4-8-16(14)18;1-6-4-2-3-5-6;;;/h1-9,11-12,17H;2-5H,1H3;2*1H;/q2*-1;;;+4/p-2. The van der Waals surface area contributed by atoms with Crippen LogP contribution in [0.25, 0.3) is 17.0 Å². The van der Waals surface area contributed by atoms with E-state index in [1.165, 1.54) is 27.6 Å². The van der Waals surface area contributed by atoms with Gasteiger partial charge in [0.05, 0.1) is 0 Å². The number of nitrogens with zero attached hydrogens (tertiary/aromatic N) is 1. The fourth-order valence-corrected chi connectivity index (χ4v) is 3.18. The molecule has 1 aromatic heterocycles. The molecule has 0 aliphatic heterocycles. The van der Waals surface area contributed by atoms with Crippen molar-refractivity contribution >= 4 is 17.0 Å². The van der Waals surface area contributed by atoms with Crippen molar-refractivity contribution in [3.05, 3.63) is 108 Å². The largest absolute Gasteiger partial charge is 4.00 e. The average molecular weight is 472 g/mol. The van der Waals surface area contributed by atoms with Gasteiger partial charge in [0.15, 0.2) is 0 Å². The smallest absolute Gasteiger partial charge is 1.00 e. The summed E-state index contributed by atoms with van der Waals surface area (Å²) < 4.78 is 2.29. The Morgan fingerprint density at radius 1 is 0.852 bits per heavy atom. The van der Waals surface area contributed by atoms with Gasteiger partial charge in [-0.05, 0) is 23.6 Å². The number of hydrogen-bond donors (Lipinski definition) is 0. The summed E-state index contributed by atoms with van der Waals surface area (Å²) in [6.07, 6.45) is 7.70. The summed E-state index contributed by atoms with van der Waals surface area (Å²) in [5.74, 6) is 0. The monoisotopic (exact) mass is 469 g/mol. The summed E-state index contributed by atoms with van der Waals surface area (Å²) in [6, 6.07) is 27.6. The molecule has 0 saturated carbocycles. The van der Waals surface area contributed by atoms with Crippen LogP contribution in [-0.2, 0) is 26.2 Å². The molecule has 1 heterocycles. The Hall–Kier alpha value is -1.47. The molecule has 0 N–H and O–H groups in total. The van der Waals surface area contributed by atoms with Crippen LogP contribution < -0.4 is 24.8 Å². The van der Waals surface area contributed by atoms with Gasteiger partial charge in [-0.15, -0.1) is 11.6 Å². The van der Waals surface area contributed by atoms with Crippen LogP contribution in [0.15, 0.2) is 85.1 Å². The van der Waals surface area contributed by atoms with Crippen molar-refractivity contribution in [1.29, 1.82) is 0 Å². The van der Waals surface area contributed by atoms with Gasteiger partial charge in [0.1, 0.15) is 0 Å². The van der Waals surface area contributed by atoms with Gasteiger partial charge in [0.2, 0.25) is 0 Å². The minimum Gasteiger partial charge on any atom is -1.00 e. The van der Waals surface area contributed by atoms with Gasteiger partial charge in [-0.2, -0.15) is 23.3 Å². The van der Waals surface area contributed by atoms with Gasteiger partial charge < -0.3 is 29.4 Å². The number of hydrogen-bond acceptors (Lipinski definition) is 0. The van der Waals surface area contributed by atoms with Gasteiger partial charge in [-0.25, -0.2) is 24.3 Å². The molecule has 0 amide bonds. The van der Waals surface area contributed by atoms with Crippen molar-refractivity contribution in [3.8, 4) is 0 Å². The third kappa shape index (κ3) is 5.08. The minimum atomic E-state index is 0. The fraction of sp³-hybridized carbons (Fsp3) is 0.0870. The topological polar surface area (TPSA) is 4.93 Å². The number of aromatic nitrogens is 1. The molecule has 27 heavy (non-hydrogen) atoms. The summed E-state index contributed by atoms with van der Waals surface area (Å²) in [7, 11) is 0. The first-order valence-corrected chi connectivity index (χ1v) is 8.25. The summed E-state index contributed by atoms with van der Waals surface area (Å²) in [4.78, 5) is 0. The third-order valence-corrected chi connectivity index (χ3v) is 4.42. The molecular weight excluding hydrogens is 452 g/mol. The predicted molar refractivity (Wildman–Crippen MR) is 101 cm³/mol. The third-order valence-electron chi connectivity index (χ3n) is 4.42. The van der Waals surface area contributed by atoms with Crippen molar-refractivity contribution < 1.29 is 51.0 Å². The Bertz CT molecular complexity index is 986. The zero-order valence-corrected chi connectivity index (χ0v) is 18.9. The Morgan fingerprint density at radius 2 is 1.52 bits per heavy atom. The number of allylic oxidation sites excluding steroid dienone is 1. The van der Waals surface area contributed by atoms with Crippen molar-refractivity contribution in [2.45, 2.75) is 13.0 Å². The summed E-state index contributed by atoms with van der Waals surface area (Å²) >= 11 is 0. The van der Waals surface area contributed by atoms with E-state index >= 15 is 0 Å². The Kier molecular flexibility index (Phi) is 9.39. The number of halogens is 2. The van der Waals surface area contributed by atoms with Crippen LogP contribution in [0, 0.1) is 13.0 Å². The number of benzene rings is 2. The Morgan fingerprint density at radius 3 is 2.22 bits per heavy atom. The summed E-state index contributed by atoms with van der Waals surface area (Å²) in [6.45, 7) is 2.08. The molecule has 0 saturated heterocycles. The molecule has 4 heteroatoms. The molecule has 4 aromatic rings. The second kappa shape index (κ2) is 10.8. The molecule has 1 aliphatic carbocycles. The van der Waals surface area contributed by atoms with E-state index < -0.39 is 0 Å². The molecule has 0 spiro atoms. The van der Waals surface area contributed by atoms with Crippen LogP contribution in [0.2, 0.25) is 0 Å². The Labute approximate surface area is 192 Å². The molecule has 3 aromatic carbocycles. The number of rotatable bonds is 1. The van der Waals surface area contributed by atoms with Crippen LogP contribution in [0.3, 0.4) is 0 Å². The summed E-state index contributed by atoms with van der Waals surface area (Å²) in [5, 5.41) is 1.28. The minimum absolute atomic E-state index is 0. The van der Waals surface area contributed by atoms with E-state index in [4.69, 9.17) is 0 Å². The van der Waals surface area contributed by atoms with Gasteiger partial charge in [-0.1, -0.05) is 43.3 Å². The van der Waals surface area contributed by atoms with Crippen molar-refractivity contribution in [2.75, 3.05) is 0 Å². The van der Waals surface area contributed by atoms with E-state index in [2.05, 4.69) is 96.6 Å². The van der Waals surface area contributed by atoms with E-state index in [0.29, 0.717) is 0 Å². The van der Waals surface area contributed by atoms with E-state index in [9.17, 15) is 0 Å². The molecule has 1 nitrogen and oxygen atoms in total. The number of aryl methyl sites for hydroxylation is 1. The fourth-order valence-electron chi connectivity index (χ4n) is 3.18. The molecular formula is C23H19Cl2NZr. The van der Waals surface area contributed by atoms with E-state index in [-0.39, 0.29) is 57.1 Å². The van der Waals surface area contributed by atoms with Crippen LogP contribution in [0.4, 0.5) is 0 Å². The molecule has 1 atom stereocenters. The first-order chi connectivity index (χ1) is 11.8. The second-order valence-electron chi connectivity index (χ2n) is 6.09. The molecule has 1 unspecified atom stereocenters. The van der Waals surface area contributed by atoms with Crippen molar-refractivity contribution in [3.63, 3.8) is 0 Å². The first kappa shape index (κ1) is 23.6. The first-order valence-electron chi connectivity index (χ1n) is 8.25. The van der Waals surface area contributed by atoms with E-state index in [1.807, 2.05) is 12.1 Å². The van der Waals surface area contributed by atoms with Gasteiger partial charge in [0.25, 0.3) is 0 Å². The quantitative estimate of drug-likeness (QED) is 0.339. The van der Waals surface area contributed by atoms with Crippen LogP contribution in [0.5, 0.6) is 0 Å². The van der Waals surface area contributed by atoms with Crippen LogP contribution in [-0.4, -0.2) is 4.57 Å². The number of fused-ring (bicyclic) bond motifs is 2. The van der Waals surface area contributed by atoms with E-state index in [1.54, 1.807) is 0 Å². The normalized spacial score (nSPS) is 13.4. The maximum absolute atomic E-state index is 3.45. The molecule has 5 rings (SSSR count). The second-order valence-corrected chi connectivity index (χ2v) is 6.09. The van der Waals surface area contributed by atoms with Crippen LogP contribution in [0.1, 0.15) is 22.7 Å². The number of para-hydroxylation sites is 1. The van der Waals surface area contributed by atoms with E-state index in [0.717, 1.165) is 0 Å². The summed E-state index contributed by atoms with van der Waals surface area (Å²) in [5.41, 5.74) is 5.22. The SMILES string of the molecule is C[c-]1cccc1.[C-]1=Cc2ccccc2C1n1ccc2ccccc21.[Cl-].[Cl-].[Zr+4]. The molecule has 1 aliphatic rings. The molecule has 134 valence electrons. The average Bonchev–Trinajstić information content (AvgIpc) is 3.34. The maximum atomic E-state index is 3.45. The van der Waals surface area contributed by atoms with Crippen molar-refractivity contribution in [1.82, 2.24) is 4.57 Å². The zero-order chi connectivity index (χ0) is 16.4. The Balaban J connectivity index is 0.000000354. The predicted octanol–water partition coefficient (Wildman–Crippen LogP) is -0.220. The molecule has 0 bridgehead atoms. The van der Waals surface area contributed by atoms with Gasteiger partial charge in [0, 0.05) is 11.7 Å².